The maximum atomic E-state index is 12.6. The largest absolute Gasteiger partial charge is 0.497 e. The predicted molar refractivity (Wildman–Crippen MR) is 101 cm³/mol. The minimum absolute atomic E-state index is 0.0460. The van der Waals surface area contributed by atoms with Crippen molar-refractivity contribution in [3.63, 3.8) is 0 Å². The number of hydrogen-bond donors (Lipinski definition) is 1. The number of nitrogens with one attached hydrogen (secondary N) is 1. The van der Waals surface area contributed by atoms with Crippen LogP contribution in [0.1, 0.15) is 28.4 Å². The number of rotatable bonds is 7. The SMILES string of the molecule is COC(=O)CC(NC(=O)c1ccc(N(C)C)cc1)c1ccc(OC)cc1. The van der Waals surface area contributed by atoms with Crippen LogP contribution in [0.5, 0.6) is 5.75 Å². The quantitative estimate of drug-likeness (QED) is 0.773. The molecule has 0 aliphatic heterocycles. The first-order valence-electron chi connectivity index (χ1n) is 8.23. The van der Waals surface area contributed by atoms with E-state index >= 15 is 0 Å². The number of methoxy groups -OCH3 is 2. The van der Waals surface area contributed by atoms with Crippen molar-refractivity contribution in [2.75, 3.05) is 33.2 Å². The Labute approximate surface area is 153 Å². The molecule has 0 radical (unpaired) electrons. The van der Waals surface area contributed by atoms with Crippen molar-refractivity contribution in [1.82, 2.24) is 5.32 Å². The van der Waals surface area contributed by atoms with E-state index in [-0.39, 0.29) is 12.3 Å². The van der Waals surface area contributed by atoms with Crippen molar-refractivity contribution in [3.05, 3.63) is 59.7 Å². The Bertz CT molecular complexity index is 739. The lowest BCUT2D eigenvalue weighted by Crippen LogP contribution is -2.30. The molecule has 0 aliphatic rings. The van der Waals surface area contributed by atoms with Gasteiger partial charge in [0.2, 0.25) is 0 Å². The predicted octanol–water partition coefficient (Wildman–Crippen LogP) is 2.80. The third-order valence-electron chi connectivity index (χ3n) is 4.07. The maximum absolute atomic E-state index is 12.6. The summed E-state index contributed by atoms with van der Waals surface area (Å²) in [6.45, 7) is 0. The van der Waals surface area contributed by atoms with Crippen LogP contribution in [0.3, 0.4) is 0 Å². The maximum Gasteiger partial charge on any atom is 0.307 e. The van der Waals surface area contributed by atoms with Gasteiger partial charge in [0.25, 0.3) is 5.91 Å². The Morgan fingerprint density at radius 2 is 1.62 bits per heavy atom. The molecule has 0 aliphatic carbocycles. The number of benzene rings is 2. The number of carbonyl (C=O) groups excluding carboxylic acids is 2. The number of esters is 1. The molecule has 0 heterocycles. The zero-order chi connectivity index (χ0) is 19.1. The van der Waals surface area contributed by atoms with Crippen LogP contribution in [-0.2, 0) is 9.53 Å². The summed E-state index contributed by atoms with van der Waals surface area (Å²) in [5, 5.41) is 2.91. The molecular formula is C20H24N2O4. The van der Waals surface area contributed by atoms with Gasteiger partial charge in [-0.1, -0.05) is 12.1 Å². The van der Waals surface area contributed by atoms with Crippen LogP contribution in [0.25, 0.3) is 0 Å². The first-order chi connectivity index (χ1) is 12.4. The number of amides is 1. The lowest BCUT2D eigenvalue weighted by Gasteiger charge is -2.19. The fourth-order valence-corrected chi connectivity index (χ4v) is 2.49. The lowest BCUT2D eigenvalue weighted by atomic mass is 10.0. The van der Waals surface area contributed by atoms with E-state index in [9.17, 15) is 9.59 Å². The summed E-state index contributed by atoms with van der Waals surface area (Å²) in [6.07, 6.45) is 0.0460. The average Bonchev–Trinajstić information content (AvgIpc) is 2.67. The van der Waals surface area contributed by atoms with Gasteiger partial charge in [-0.15, -0.1) is 0 Å². The molecule has 0 saturated heterocycles. The van der Waals surface area contributed by atoms with Crippen molar-refractivity contribution >= 4 is 17.6 Å². The summed E-state index contributed by atoms with van der Waals surface area (Å²) >= 11 is 0. The number of ether oxygens (including phenoxy) is 2. The van der Waals surface area contributed by atoms with Crippen LogP contribution in [0.15, 0.2) is 48.5 Å². The molecule has 26 heavy (non-hydrogen) atoms. The zero-order valence-corrected chi connectivity index (χ0v) is 15.5. The molecule has 0 fully saturated rings. The van der Waals surface area contributed by atoms with E-state index < -0.39 is 12.0 Å². The second kappa shape index (κ2) is 8.89. The molecule has 6 heteroatoms. The molecule has 1 unspecified atom stereocenters. The Morgan fingerprint density at radius 3 is 2.12 bits per heavy atom. The first-order valence-corrected chi connectivity index (χ1v) is 8.23. The van der Waals surface area contributed by atoms with Gasteiger partial charge < -0.3 is 19.7 Å². The first kappa shape index (κ1) is 19.3. The van der Waals surface area contributed by atoms with Crippen LogP contribution in [0.4, 0.5) is 5.69 Å². The van der Waals surface area contributed by atoms with Gasteiger partial charge in [0.1, 0.15) is 5.75 Å². The monoisotopic (exact) mass is 356 g/mol. The highest BCUT2D eigenvalue weighted by Crippen LogP contribution is 2.22. The molecular weight excluding hydrogens is 332 g/mol. The van der Waals surface area contributed by atoms with E-state index in [1.54, 1.807) is 31.4 Å². The highest BCUT2D eigenvalue weighted by Gasteiger charge is 2.20. The summed E-state index contributed by atoms with van der Waals surface area (Å²) in [5.74, 6) is 0.0604. The minimum atomic E-state index is -0.491. The molecule has 1 N–H and O–H groups in total. The molecule has 0 aromatic heterocycles. The standard InChI is InChI=1S/C20H24N2O4/c1-22(2)16-9-5-15(6-10-16)20(24)21-18(13-19(23)26-4)14-7-11-17(25-3)12-8-14/h5-12,18H,13H2,1-4H3,(H,21,24). The number of nitrogens with zero attached hydrogens (tertiary/aromatic N) is 1. The fourth-order valence-electron chi connectivity index (χ4n) is 2.49. The third-order valence-corrected chi connectivity index (χ3v) is 4.07. The van der Waals surface area contributed by atoms with Gasteiger partial charge >= 0.3 is 5.97 Å². The zero-order valence-electron chi connectivity index (χ0n) is 15.5. The Balaban J connectivity index is 2.18. The second-order valence-corrected chi connectivity index (χ2v) is 6.02. The minimum Gasteiger partial charge on any atom is -0.497 e. The van der Waals surface area contributed by atoms with Crippen molar-refractivity contribution in [2.45, 2.75) is 12.5 Å². The summed E-state index contributed by atoms with van der Waals surface area (Å²) in [6, 6.07) is 14.0. The van der Waals surface area contributed by atoms with Crippen molar-refractivity contribution in [3.8, 4) is 5.75 Å². The van der Waals surface area contributed by atoms with Gasteiger partial charge in [-0.25, -0.2) is 0 Å². The van der Waals surface area contributed by atoms with E-state index in [2.05, 4.69) is 5.32 Å². The number of carbonyl (C=O) groups is 2. The lowest BCUT2D eigenvalue weighted by molar-refractivity contribution is -0.141. The molecule has 1 atom stereocenters. The normalized spacial score (nSPS) is 11.4. The fraction of sp³-hybridized carbons (Fsp3) is 0.300. The topological polar surface area (TPSA) is 67.9 Å². The van der Waals surface area contributed by atoms with Crippen molar-refractivity contribution in [1.29, 1.82) is 0 Å². The average molecular weight is 356 g/mol. The highest BCUT2D eigenvalue weighted by molar-refractivity contribution is 5.95. The smallest absolute Gasteiger partial charge is 0.307 e. The molecule has 2 aromatic rings. The van der Waals surface area contributed by atoms with Crippen LogP contribution in [0.2, 0.25) is 0 Å². The second-order valence-electron chi connectivity index (χ2n) is 6.02. The van der Waals surface area contributed by atoms with Crippen LogP contribution < -0.4 is 15.0 Å². The summed E-state index contributed by atoms with van der Waals surface area (Å²) in [7, 11) is 6.78. The molecule has 0 saturated carbocycles. The van der Waals surface area contributed by atoms with Gasteiger partial charge in [-0.05, 0) is 42.0 Å². The molecule has 0 bridgehead atoms. The Morgan fingerprint density at radius 1 is 1.00 bits per heavy atom. The van der Waals surface area contributed by atoms with E-state index in [1.165, 1.54) is 7.11 Å². The highest BCUT2D eigenvalue weighted by atomic mass is 16.5. The molecule has 138 valence electrons. The van der Waals surface area contributed by atoms with E-state index in [0.717, 1.165) is 11.3 Å². The van der Waals surface area contributed by atoms with Gasteiger partial charge in [-0.3, -0.25) is 9.59 Å². The molecule has 6 nitrogen and oxygen atoms in total. The summed E-state index contributed by atoms with van der Waals surface area (Å²) in [5.41, 5.74) is 2.33. The Hall–Kier alpha value is -3.02. The van der Waals surface area contributed by atoms with Crippen LogP contribution >= 0.6 is 0 Å². The molecule has 0 spiro atoms. The van der Waals surface area contributed by atoms with E-state index in [0.29, 0.717) is 11.3 Å². The van der Waals surface area contributed by atoms with Crippen molar-refractivity contribution in [2.24, 2.45) is 0 Å². The molecule has 1 amide bonds. The van der Waals surface area contributed by atoms with Gasteiger partial charge in [0.05, 0.1) is 26.7 Å². The van der Waals surface area contributed by atoms with Gasteiger partial charge in [0, 0.05) is 25.3 Å². The number of hydrogen-bond acceptors (Lipinski definition) is 5. The van der Waals surface area contributed by atoms with Gasteiger partial charge in [0.15, 0.2) is 0 Å². The van der Waals surface area contributed by atoms with Crippen LogP contribution in [-0.4, -0.2) is 40.2 Å². The summed E-state index contributed by atoms with van der Waals surface area (Å²) in [4.78, 5) is 26.3. The van der Waals surface area contributed by atoms with Gasteiger partial charge in [-0.2, -0.15) is 0 Å². The van der Waals surface area contributed by atoms with E-state index in [1.807, 2.05) is 43.3 Å². The van der Waals surface area contributed by atoms with E-state index in [4.69, 9.17) is 9.47 Å². The summed E-state index contributed by atoms with van der Waals surface area (Å²) < 4.78 is 9.91. The number of anilines is 1. The molecule has 2 aromatic carbocycles. The molecule has 2 rings (SSSR count). The third kappa shape index (κ3) is 4.99. The van der Waals surface area contributed by atoms with Crippen LogP contribution in [0, 0.1) is 0 Å². The Kier molecular flexibility index (Phi) is 6.60. The van der Waals surface area contributed by atoms with Crippen molar-refractivity contribution < 1.29 is 19.1 Å².